The molecule has 9 heteroatoms. The predicted molar refractivity (Wildman–Crippen MR) is 121 cm³/mol. The SMILES string of the molecule is CN(C)C1(CNC(=O)c2ccc(NS(=O)(=O)c3cc(Cl)ccc3Cl)cc2)CCCC1. The van der Waals surface area contributed by atoms with Crippen LogP contribution in [0.25, 0.3) is 0 Å². The molecule has 0 heterocycles. The van der Waals surface area contributed by atoms with Gasteiger partial charge >= 0.3 is 0 Å². The molecule has 0 radical (unpaired) electrons. The number of amides is 1. The number of carbonyl (C=O) groups excluding carboxylic acids is 1. The summed E-state index contributed by atoms with van der Waals surface area (Å²) in [6, 6.07) is 10.5. The molecule has 0 bridgehead atoms. The Labute approximate surface area is 187 Å². The van der Waals surface area contributed by atoms with Crippen LogP contribution in [0.2, 0.25) is 10.0 Å². The molecule has 2 aromatic carbocycles. The molecule has 0 unspecified atom stereocenters. The fourth-order valence-electron chi connectivity index (χ4n) is 3.74. The summed E-state index contributed by atoms with van der Waals surface area (Å²) in [6.45, 7) is 0.584. The van der Waals surface area contributed by atoms with Crippen LogP contribution in [0, 0.1) is 0 Å². The normalized spacial score (nSPS) is 15.9. The summed E-state index contributed by atoms with van der Waals surface area (Å²) in [6.07, 6.45) is 4.46. The Morgan fingerprint density at radius 3 is 2.30 bits per heavy atom. The first-order valence-electron chi connectivity index (χ1n) is 9.67. The van der Waals surface area contributed by atoms with Crippen molar-refractivity contribution in [2.24, 2.45) is 0 Å². The molecule has 1 fully saturated rings. The summed E-state index contributed by atoms with van der Waals surface area (Å²) >= 11 is 11.9. The number of sulfonamides is 1. The lowest BCUT2D eigenvalue weighted by Gasteiger charge is -2.36. The maximum atomic E-state index is 12.6. The molecule has 1 amide bonds. The van der Waals surface area contributed by atoms with E-state index in [4.69, 9.17) is 23.2 Å². The molecule has 1 saturated carbocycles. The van der Waals surface area contributed by atoms with Gasteiger partial charge in [0.25, 0.3) is 15.9 Å². The number of halogens is 2. The summed E-state index contributed by atoms with van der Waals surface area (Å²) < 4.78 is 27.7. The Kier molecular flexibility index (Phi) is 6.97. The maximum absolute atomic E-state index is 12.6. The molecular weight excluding hydrogens is 445 g/mol. The molecule has 162 valence electrons. The highest BCUT2D eigenvalue weighted by Gasteiger charge is 2.36. The molecule has 6 nitrogen and oxygen atoms in total. The third-order valence-corrected chi connectivity index (χ3v) is 7.74. The van der Waals surface area contributed by atoms with Gasteiger partial charge in [0.2, 0.25) is 0 Å². The van der Waals surface area contributed by atoms with Gasteiger partial charge in [0.05, 0.1) is 5.02 Å². The average Bonchev–Trinajstić information content (AvgIpc) is 3.18. The van der Waals surface area contributed by atoms with Gasteiger partial charge in [-0.2, -0.15) is 0 Å². The van der Waals surface area contributed by atoms with Gasteiger partial charge in [-0.3, -0.25) is 9.52 Å². The summed E-state index contributed by atoms with van der Waals surface area (Å²) in [5.41, 5.74) is 0.787. The van der Waals surface area contributed by atoms with Crippen molar-refractivity contribution in [2.45, 2.75) is 36.1 Å². The van der Waals surface area contributed by atoms with E-state index in [0.29, 0.717) is 17.8 Å². The summed E-state index contributed by atoms with van der Waals surface area (Å²) in [5.74, 6) is -0.185. The van der Waals surface area contributed by atoms with Crippen molar-refractivity contribution < 1.29 is 13.2 Å². The number of likely N-dealkylation sites (N-methyl/N-ethyl adjacent to an activating group) is 1. The summed E-state index contributed by atoms with van der Waals surface area (Å²) in [5, 5.41) is 3.36. The molecule has 0 atom stereocenters. The number of hydrogen-bond acceptors (Lipinski definition) is 4. The van der Waals surface area contributed by atoms with E-state index < -0.39 is 10.0 Å². The molecule has 0 saturated heterocycles. The smallest absolute Gasteiger partial charge is 0.263 e. The fourth-order valence-corrected chi connectivity index (χ4v) is 5.57. The van der Waals surface area contributed by atoms with Gasteiger partial charge in [0.1, 0.15) is 4.90 Å². The van der Waals surface area contributed by atoms with E-state index in [2.05, 4.69) is 14.9 Å². The van der Waals surface area contributed by atoms with Crippen molar-refractivity contribution >= 4 is 44.8 Å². The third-order valence-electron chi connectivity index (χ3n) is 5.64. The monoisotopic (exact) mass is 469 g/mol. The van der Waals surface area contributed by atoms with Crippen molar-refractivity contribution in [2.75, 3.05) is 25.4 Å². The molecule has 0 aromatic heterocycles. The highest BCUT2D eigenvalue weighted by molar-refractivity contribution is 7.92. The van der Waals surface area contributed by atoms with E-state index in [1.165, 1.54) is 31.0 Å². The molecule has 30 heavy (non-hydrogen) atoms. The molecule has 2 aromatic rings. The first kappa shape index (κ1) is 22.9. The van der Waals surface area contributed by atoms with Crippen LogP contribution < -0.4 is 10.0 Å². The minimum absolute atomic E-state index is 0.00145. The lowest BCUT2D eigenvalue weighted by atomic mass is 9.96. The number of anilines is 1. The Hall–Kier alpha value is -1.80. The van der Waals surface area contributed by atoms with Gasteiger partial charge in [0.15, 0.2) is 0 Å². The van der Waals surface area contributed by atoms with Crippen LogP contribution in [0.5, 0.6) is 0 Å². The third kappa shape index (κ3) is 5.09. The van der Waals surface area contributed by atoms with E-state index in [0.717, 1.165) is 12.8 Å². The van der Waals surface area contributed by atoms with Crippen LogP contribution in [0.1, 0.15) is 36.0 Å². The van der Waals surface area contributed by atoms with Crippen LogP contribution in [0.15, 0.2) is 47.4 Å². The van der Waals surface area contributed by atoms with E-state index in [1.54, 1.807) is 24.3 Å². The van der Waals surface area contributed by atoms with Crippen LogP contribution in [-0.4, -0.2) is 45.4 Å². The summed E-state index contributed by atoms with van der Waals surface area (Å²) in [7, 11) is 0.181. The topological polar surface area (TPSA) is 78.5 Å². The zero-order valence-electron chi connectivity index (χ0n) is 16.9. The number of nitrogens with zero attached hydrogens (tertiary/aromatic N) is 1. The van der Waals surface area contributed by atoms with E-state index >= 15 is 0 Å². The Bertz CT molecular complexity index is 1020. The van der Waals surface area contributed by atoms with Crippen LogP contribution in [0.4, 0.5) is 5.69 Å². The van der Waals surface area contributed by atoms with Gasteiger partial charge in [-0.1, -0.05) is 36.0 Å². The van der Waals surface area contributed by atoms with Crippen LogP contribution in [-0.2, 0) is 10.0 Å². The Morgan fingerprint density at radius 1 is 1.07 bits per heavy atom. The molecule has 0 aliphatic heterocycles. The molecule has 0 spiro atoms. The first-order chi connectivity index (χ1) is 14.1. The van der Waals surface area contributed by atoms with E-state index in [-0.39, 0.29) is 26.4 Å². The standard InChI is InChI=1S/C21H25Cl2N3O3S/c1-26(2)21(11-3-4-12-21)14-24-20(27)15-5-8-17(9-6-15)25-30(28,29)19-13-16(22)7-10-18(19)23/h5-10,13,25H,3-4,11-12,14H2,1-2H3,(H,24,27). The van der Waals surface area contributed by atoms with Crippen LogP contribution >= 0.6 is 23.2 Å². The maximum Gasteiger partial charge on any atom is 0.263 e. The highest BCUT2D eigenvalue weighted by Crippen LogP contribution is 2.33. The fraction of sp³-hybridized carbons (Fsp3) is 0.381. The van der Waals surface area contributed by atoms with Crippen molar-refractivity contribution in [1.29, 1.82) is 0 Å². The van der Waals surface area contributed by atoms with E-state index in [1.807, 2.05) is 14.1 Å². The Balaban J connectivity index is 1.67. The van der Waals surface area contributed by atoms with Crippen molar-refractivity contribution in [1.82, 2.24) is 10.2 Å². The number of rotatable bonds is 7. The molecule has 1 aliphatic rings. The number of benzene rings is 2. The highest BCUT2D eigenvalue weighted by atomic mass is 35.5. The summed E-state index contributed by atoms with van der Waals surface area (Å²) in [4.78, 5) is 14.7. The second-order valence-electron chi connectivity index (χ2n) is 7.77. The second kappa shape index (κ2) is 9.14. The predicted octanol–water partition coefficient (Wildman–Crippen LogP) is 4.40. The average molecular weight is 470 g/mol. The molecule has 3 rings (SSSR count). The zero-order valence-corrected chi connectivity index (χ0v) is 19.2. The van der Waals surface area contributed by atoms with E-state index in [9.17, 15) is 13.2 Å². The lowest BCUT2D eigenvalue weighted by Crippen LogP contribution is -2.50. The minimum Gasteiger partial charge on any atom is -0.350 e. The molecule has 1 aliphatic carbocycles. The van der Waals surface area contributed by atoms with Gasteiger partial charge in [-0.25, -0.2) is 8.42 Å². The van der Waals surface area contributed by atoms with Gasteiger partial charge in [0, 0.05) is 28.4 Å². The number of hydrogen-bond donors (Lipinski definition) is 2. The zero-order chi connectivity index (χ0) is 21.9. The minimum atomic E-state index is -3.91. The number of carbonyl (C=O) groups is 1. The quantitative estimate of drug-likeness (QED) is 0.629. The van der Waals surface area contributed by atoms with Crippen molar-refractivity contribution in [3.8, 4) is 0 Å². The molecular formula is C21H25Cl2N3O3S. The van der Waals surface area contributed by atoms with Gasteiger partial charge in [-0.05, 0) is 69.4 Å². The first-order valence-corrected chi connectivity index (χ1v) is 11.9. The second-order valence-corrected chi connectivity index (χ2v) is 10.3. The van der Waals surface area contributed by atoms with Gasteiger partial charge in [-0.15, -0.1) is 0 Å². The van der Waals surface area contributed by atoms with Crippen LogP contribution in [0.3, 0.4) is 0 Å². The molecule has 2 N–H and O–H groups in total. The largest absolute Gasteiger partial charge is 0.350 e. The number of nitrogens with one attached hydrogen (secondary N) is 2. The van der Waals surface area contributed by atoms with Crippen molar-refractivity contribution in [3.05, 3.63) is 58.1 Å². The Morgan fingerprint density at radius 2 is 1.70 bits per heavy atom. The van der Waals surface area contributed by atoms with Crippen molar-refractivity contribution in [3.63, 3.8) is 0 Å². The van der Waals surface area contributed by atoms with Gasteiger partial charge < -0.3 is 10.2 Å². The lowest BCUT2D eigenvalue weighted by molar-refractivity contribution is 0.0900.